The Kier molecular flexibility index (Phi) is 2.88. The number of hydrogen-bond donors (Lipinski definition) is 1. The Morgan fingerprint density at radius 3 is 2.87 bits per heavy atom. The zero-order valence-electron chi connectivity index (χ0n) is 8.90. The van der Waals surface area contributed by atoms with Crippen LogP contribution in [0.3, 0.4) is 0 Å². The Labute approximate surface area is 93.0 Å². The average Bonchev–Trinajstić information content (AvgIpc) is 2.75. The molecule has 1 N–H and O–H groups in total. The Hall–Kier alpha value is -1.13. The van der Waals surface area contributed by atoms with Crippen LogP contribution in [0.25, 0.3) is 0 Å². The maximum absolute atomic E-state index is 9.11. The van der Waals surface area contributed by atoms with E-state index in [1.165, 1.54) is 4.88 Å². The predicted octanol–water partition coefficient (Wildman–Crippen LogP) is 2.10. The van der Waals surface area contributed by atoms with Gasteiger partial charge in [0, 0.05) is 16.8 Å². The second-order valence-electron chi connectivity index (χ2n) is 3.53. The van der Waals surface area contributed by atoms with E-state index in [4.69, 9.17) is 5.11 Å². The summed E-state index contributed by atoms with van der Waals surface area (Å²) in [6.45, 7) is 4.94. The summed E-state index contributed by atoms with van der Waals surface area (Å²) in [6, 6.07) is 3.87. The fourth-order valence-corrected chi connectivity index (χ4v) is 2.43. The lowest BCUT2D eigenvalue weighted by Crippen LogP contribution is -2.02. The third-order valence-electron chi connectivity index (χ3n) is 2.46. The number of aryl methyl sites for hydroxylation is 2. The first-order valence-corrected chi connectivity index (χ1v) is 5.70. The van der Waals surface area contributed by atoms with E-state index in [-0.39, 0.29) is 6.61 Å². The molecule has 0 spiro atoms. The molecule has 0 aromatic carbocycles. The SMILES string of the molecule is Cc1nc(Cn2cccc2CO)sc1C. The molecule has 2 aromatic heterocycles. The van der Waals surface area contributed by atoms with Gasteiger partial charge in [0.1, 0.15) is 5.01 Å². The molecule has 4 heteroatoms. The van der Waals surface area contributed by atoms with Crippen molar-refractivity contribution in [3.8, 4) is 0 Å². The highest BCUT2D eigenvalue weighted by Crippen LogP contribution is 2.18. The Morgan fingerprint density at radius 2 is 2.27 bits per heavy atom. The average molecular weight is 222 g/mol. The van der Waals surface area contributed by atoms with Crippen LogP contribution in [0.1, 0.15) is 21.3 Å². The van der Waals surface area contributed by atoms with E-state index < -0.39 is 0 Å². The zero-order valence-corrected chi connectivity index (χ0v) is 9.71. The predicted molar refractivity (Wildman–Crippen MR) is 61.0 cm³/mol. The number of aliphatic hydroxyl groups is 1. The van der Waals surface area contributed by atoms with E-state index in [0.29, 0.717) is 0 Å². The molecule has 0 amide bonds. The lowest BCUT2D eigenvalue weighted by atomic mass is 10.4. The summed E-state index contributed by atoms with van der Waals surface area (Å²) in [5, 5.41) is 10.2. The van der Waals surface area contributed by atoms with E-state index in [1.807, 2.05) is 29.8 Å². The van der Waals surface area contributed by atoms with Crippen molar-refractivity contribution < 1.29 is 5.11 Å². The molecule has 0 aliphatic carbocycles. The summed E-state index contributed by atoms with van der Waals surface area (Å²) >= 11 is 1.72. The van der Waals surface area contributed by atoms with Crippen LogP contribution in [0.4, 0.5) is 0 Å². The molecule has 80 valence electrons. The second kappa shape index (κ2) is 4.16. The summed E-state index contributed by atoms with van der Waals surface area (Å²) in [4.78, 5) is 5.74. The van der Waals surface area contributed by atoms with Crippen LogP contribution in [-0.4, -0.2) is 14.7 Å². The maximum atomic E-state index is 9.11. The van der Waals surface area contributed by atoms with Crippen LogP contribution >= 0.6 is 11.3 Å². The van der Waals surface area contributed by atoms with Gasteiger partial charge in [-0.1, -0.05) is 0 Å². The molecule has 0 bridgehead atoms. The first-order valence-electron chi connectivity index (χ1n) is 4.88. The molecule has 2 aromatic rings. The summed E-state index contributed by atoms with van der Waals surface area (Å²) in [5.41, 5.74) is 2.04. The van der Waals surface area contributed by atoms with Crippen molar-refractivity contribution in [1.82, 2.24) is 9.55 Å². The number of rotatable bonds is 3. The number of thiazole rings is 1. The van der Waals surface area contributed by atoms with Crippen molar-refractivity contribution >= 4 is 11.3 Å². The summed E-state index contributed by atoms with van der Waals surface area (Å²) < 4.78 is 2.03. The van der Waals surface area contributed by atoms with Gasteiger partial charge in [0.2, 0.25) is 0 Å². The Morgan fingerprint density at radius 1 is 1.47 bits per heavy atom. The zero-order chi connectivity index (χ0) is 10.8. The summed E-state index contributed by atoms with van der Waals surface area (Å²) in [6.07, 6.45) is 1.97. The van der Waals surface area contributed by atoms with Crippen LogP contribution < -0.4 is 0 Å². The van der Waals surface area contributed by atoms with Gasteiger partial charge in [-0.05, 0) is 26.0 Å². The maximum Gasteiger partial charge on any atom is 0.113 e. The van der Waals surface area contributed by atoms with Crippen LogP contribution in [0, 0.1) is 13.8 Å². The molecule has 3 nitrogen and oxygen atoms in total. The van der Waals surface area contributed by atoms with E-state index >= 15 is 0 Å². The van der Waals surface area contributed by atoms with Gasteiger partial charge in [-0.15, -0.1) is 11.3 Å². The molecule has 2 rings (SSSR count). The normalized spacial score (nSPS) is 10.9. The van der Waals surface area contributed by atoms with Crippen molar-refractivity contribution in [1.29, 1.82) is 0 Å². The first kappa shape index (κ1) is 10.4. The van der Waals surface area contributed by atoms with E-state index in [2.05, 4.69) is 11.9 Å². The van der Waals surface area contributed by atoms with Crippen molar-refractivity contribution in [3.63, 3.8) is 0 Å². The molecule has 15 heavy (non-hydrogen) atoms. The fourth-order valence-electron chi connectivity index (χ4n) is 1.50. The Bertz CT molecular complexity index is 439. The molecule has 0 aliphatic rings. The number of nitrogens with zero attached hydrogens (tertiary/aromatic N) is 2. The second-order valence-corrected chi connectivity index (χ2v) is 4.82. The van der Waals surface area contributed by atoms with Crippen LogP contribution in [0.15, 0.2) is 18.3 Å². The van der Waals surface area contributed by atoms with Gasteiger partial charge in [-0.2, -0.15) is 0 Å². The molecule has 0 saturated heterocycles. The minimum absolute atomic E-state index is 0.0797. The van der Waals surface area contributed by atoms with Gasteiger partial charge in [0.25, 0.3) is 0 Å². The van der Waals surface area contributed by atoms with E-state index in [0.717, 1.165) is 22.9 Å². The molecule has 0 aliphatic heterocycles. The van der Waals surface area contributed by atoms with Crippen molar-refractivity contribution in [2.75, 3.05) is 0 Å². The smallest absolute Gasteiger partial charge is 0.113 e. The van der Waals surface area contributed by atoms with E-state index in [1.54, 1.807) is 11.3 Å². The number of aliphatic hydroxyl groups excluding tert-OH is 1. The highest BCUT2D eigenvalue weighted by molar-refractivity contribution is 7.11. The molecule has 0 fully saturated rings. The number of aromatic nitrogens is 2. The standard InChI is InChI=1S/C11H14N2OS/c1-8-9(2)15-11(12-8)6-13-5-3-4-10(13)7-14/h3-5,14H,6-7H2,1-2H3. The Balaban J connectivity index is 2.21. The molecular formula is C11H14N2OS. The van der Waals surface area contributed by atoms with Gasteiger partial charge in [-0.25, -0.2) is 4.98 Å². The van der Waals surface area contributed by atoms with Gasteiger partial charge in [-0.3, -0.25) is 0 Å². The summed E-state index contributed by atoms with van der Waals surface area (Å²) in [7, 11) is 0. The molecular weight excluding hydrogens is 208 g/mol. The quantitative estimate of drug-likeness (QED) is 0.863. The van der Waals surface area contributed by atoms with Gasteiger partial charge >= 0.3 is 0 Å². The minimum Gasteiger partial charge on any atom is -0.390 e. The highest BCUT2D eigenvalue weighted by atomic mass is 32.1. The van der Waals surface area contributed by atoms with Crippen LogP contribution in [-0.2, 0) is 13.2 Å². The summed E-state index contributed by atoms with van der Waals surface area (Å²) in [5.74, 6) is 0. The molecule has 0 saturated carbocycles. The largest absolute Gasteiger partial charge is 0.390 e. The number of hydrogen-bond acceptors (Lipinski definition) is 3. The van der Waals surface area contributed by atoms with Crippen molar-refractivity contribution in [2.45, 2.75) is 27.0 Å². The first-order chi connectivity index (χ1) is 7.20. The lowest BCUT2D eigenvalue weighted by Gasteiger charge is -2.03. The monoisotopic (exact) mass is 222 g/mol. The molecule has 0 atom stereocenters. The lowest BCUT2D eigenvalue weighted by molar-refractivity contribution is 0.271. The van der Waals surface area contributed by atoms with Crippen molar-refractivity contribution in [3.05, 3.63) is 39.6 Å². The third-order valence-corrected chi connectivity index (χ3v) is 3.52. The third kappa shape index (κ3) is 2.11. The molecule has 0 unspecified atom stereocenters. The van der Waals surface area contributed by atoms with E-state index in [9.17, 15) is 0 Å². The van der Waals surface area contributed by atoms with Crippen LogP contribution in [0.5, 0.6) is 0 Å². The molecule has 2 heterocycles. The minimum atomic E-state index is 0.0797. The van der Waals surface area contributed by atoms with Crippen LogP contribution in [0.2, 0.25) is 0 Å². The van der Waals surface area contributed by atoms with Crippen molar-refractivity contribution in [2.24, 2.45) is 0 Å². The van der Waals surface area contributed by atoms with Gasteiger partial charge < -0.3 is 9.67 Å². The molecule has 0 radical (unpaired) electrons. The van der Waals surface area contributed by atoms with Gasteiger partial charge in [0.15, 0.2) is 0 Å². The van der Waals surface area contributed by atoms with Gasteiger partial charge in [0.05, 0.1) is 18.8 Å². The highest BCUT2D eigenvalue weighted by Gasteiger charge is 2.06. The fraction of sp³-hybridized carbons (Fsp3) is 0.364. The topological polar surface area (TPSA) is 38.0 Å².